The van der Waals surface area contributed by atoms with Crippen LogP contribution in [0.4, 0.5) is 13.2 Å². The average Bonchev–Trinajstić information content (AvgIpc) is 2.92. The first-order valence-corrected chi connectivity index (χ1v) is 7.89. The van der Waals surface area contributed by atoms with Crippen molar-refractivity contribution in [3.8, 4) is 11.3 Å². The predicted molar refractivity (Wildman–Crippen MR) is 90.1 cm³/mol. The molecule has 1 heterocycles. The van der Waals surface area contributed by atoms with Gasteiger partial charge in [0.2, 0.25) is 5.91 Å². The zero-order chi connectivity index (χ0) is 17.9. The minimum absolute atomic E-state index is 0.130. The van der Waals surface area contributed by atoms with Crippen LogP contribution in [-0.4, -0.2) is 23.3 Å². The SMILES string of the molecule is NC(=O)CCNC(=O)c1cc(-c2ccccc2I)[nH]c1C(F)(F)F. The van der Waals surface area contributed by atoms with Crippen molar-refractivity contribution in [3.05, 3.63) is 45.2 Å². The van der Waals surface area contributed by atoms with Crippen molar-refractivity contribution in [1.29, 1.82) is 0 Å². The summed E-state index contributed by atoms with van der Waals surface area (Å²) in [6.45, 7) is -0.130. The fourth-order valence-electron chi connectivity index (χ4n) is 2.08. The van der Waals surface area contributed by atoms with Crippen molar-refractivity contribution in [2.45, 2.75) is 12.6 Å². The molecule has 0 bridgehead atoms. The third kappa shape index (κ3) is 4.28. The van der Waals surface area contributed by atoms with Crippen LogP contribution >= 0.6 is 22.6 Å². The summed E-state index contributed by atoms with van der Waals surface area (Å²) < 4.78 is 40.3. The largest absolute Gasteiger partial charge is 0.432 e. The maximum absolute atomic E-state index is 13.2. The van der Waals surface area contributed by atoms with Gasteiger partial charge in [-0.1, -0.05) is 18.2 Å². The van der Waals surface area contributed by atoms with Crippen molar-refractivity contribution in [2.75, 3.05) is 6.54 Å². The molecular formula is C15H13F3IN3O2. The monoisotopic (exact) mass is 451 g/mol. The second kappa shape index (κ2) is 7.24. The number of rotatable bonds is 5. The van der Waals surface area contributed by atoms with Crippen LogP contribution in [0.25, 0.3) is 11.3 Å². The summed E-state index contributed by atoms with van der Waals surface area (Å²) in [4.78, 5) is 25.0. The molecule has 2 aromatic rings. The highest BCUT2D eigenvalue weighted by Crippen LogP contribution is 2.35. The van der Waals surface area contributed by atoms with E-state index in [1.54, 1.807) is 24.3 Å². The average molecular weight is 451 g/mol. The van der Waals surface area contributed by atoms with E-state index in [2.05, 4.69) is 10.3 Å². The van der Waals surface area contributed by atoms with Crippen molar-refractivity contribution >= 4 is 34.4 Å². The number of primary amides is 1. The van der Waals surface area contributed by atoms with Crippen molar-refractivity contribution in [1.82, 2.24) is 10.3 Å². The van der Waals surface area contributed by atoms with Crippen LogP contribution in [0.2, 0.25) is 0 Å². The predicted octanol–water partition coefficient (Wildman–Crippen LogP) is 2.91. The lowest BCUT2D eigenvalue weighted by atomic mass is 10.1. The molecule has 128 valence electrons. The molecular weight excluding hydrogens is 438 g/mol. The van der Waals surface area contributed by atoms with Gasteiger partial charge in [-0.05, 0) is 34.7 Å². The Morgan fingerprint density at radius 1 is 1.25 bits per heavy atom. The molecule has 2 rings (SSSR count). The van der Waals surface area contributed by atoms with E-state index in [1.807, 2.05) is 22.6 Å². The maximum Gasteiger partial charge on any atom is 0.432 e. The van der Waals surface area contributed by atoms with Gasteiger partial charge in [-0.3, -0.25) is 9.59 Å². The summed E-state index contributed by atoms with van der Waals surface area (Å²) in [5.41, 5.74) is 4.02. The summed E-state index contributed by atoms with van der Waals surface area (Å²) in [6, 6.07) is 8.01. The first-order chi connectivity index (χ1) is 11.2. The number of carbonyl (C=O) groups excluding carboxylic acids is 2. The maximum atomic E-state index is 13.2. The summed E-state index contributed by atoms with van der Waals surface area (Å²) in [5, 5.41) is 2.26. The Morgan fingerprint density at radius 3 is 2.50 bits per heavy atom. The van der Waals surface area contributed by atoms with Crippen molar-refractivity contribution in [2.24, 2.45) is 5.73 Å². The number of hydrogen-bond acceptors (Lipinski definition) is 2. The van der Waals surface area contributed by atoms with E-state index in [4.69, 9.17) is 5.73 Å². The molecule has 0 aliphatic heterocycles. The van der Waals surface area contributed by atoms with E-state index in [-0.39, 0.29) is 18.7 Å². The summed E-state index contributed by atoms with van der Waals surface area (Å²) in [5.74, 6) is -1.57. The molecule has 0 aliphatic rings. The second-order valence-electron chi connectivity index (χ2n) is 4.92. The minimum atomic E-state index is -4.71. The summed E-state index contributed by atoms with van der Waals surface area (Å²) in [7, 11) is 0. The van der Waals surface area contributed by atoms with E-state index in [9.17, 15) is 22.8 Å². The molecule has 0 atom stereocenters. The molecule has 4 N–H and O–H groups in total. The quantitative estimate of drug-likeness (QED) is 0.611. The molecule has 0 aliphatic carbocycles. The number of benzene rings is 1. The minimum Gasteiger partial charge on any atom is -0.370 e. The van der Waals surface area contributed by atoms with Gasteiger partial charge in [0.25, 0.3) is 5.91 Å². The van der Waals surface area contributed by atoms with Gasteiger partial charge >= 0.3 is 6.18 Å². The number of H-pyrrole nitrogens is 1. The van der Waals surface area contributed by atoms with E-state index in [0.717, 1.165) is 9.64 Å². The fraction of sp³-hybridized carbons (Fsp3) is 0.200. The number of carbonyl (C=O) groups is 2. The summed E-state index contributed by atoms with van der Waals surface area (Å²) in [6.07, 6.45) is -4.87. The van der Waals surface area contributed by atoms with Gasteiger partial charge in [0, 0.05) is 27.8 Å². The van der Waals surface area contributed by atoms with Crippen LogP contribution in [0.15, 0.2) is 30.3 Å². The Bertz CT molecular complexity index is 772. The molecule has 0 saturated carbocycles. The lowest BCUT2D eigenvalue weighted by molar-refractivity contribution is -0.141. The normalized spacial score (nSPS) is 11.3. The zero-order valence-electron chi connectivity index (χ0n) is 12.2. The number of nitrogens with two attached hydrogens (primary N) is 1. The number of aromatic amines is 1. The molecule has 2 amide bonds. The molecule has 0 saturated heterocycles. The highest BCUT2D eigenvalue weighted by molar-refractivity contribution is 14.1. The van der Waals surface area contributed by atoms with E-state index in [0.29, 0.717) is 5.56 Å². The first kappa shape index (κ1) is 18.3. The molecule has 0 unspecified atom stereocenters. The number of halogens is 4. The lowest BCUT2D eigenvalue weighted by Gasteiger charge is -2.08. The Kier molecular flexibility index (Phi) is 5.52. The second-order valence-corrected chi connectivity index (χ2v) is 6.08. The Labute approximate surface area is 148 Å². The van der Waals surface area contributed by atoms with Crippen LogP contribution < -0.4 is 11.1 Å². The number of nitrogens with one attached hydrogen (secondary N) is 2. The van der Waals surface area contributed by atoms with Gasteiger partial charge in [0.15, 0.2) is 0 Å². The van der Waals surface area contributed by atoms with Gasteiger partial charge < -0.3 is 16.0 Å². The molecule has 5 nitrogen and oxygen atoms in total. The third-order valence-corrected chi connectivity index (χ3v) is 4.11. The smallest absolute Gasteiger partial charge is 0.370 e. The molecule has 1 aromatic carbocycles. The van der Waals surface area contributed by atoms with Crippen molar-refractivity contribution < 1.29 is 22.8 Å². The van der Waals surface area contributed by atoms with Gasteiger partial charge in [0.1, 0.15) is 5.69 Å². The Hall–Kier alpha value is -2.04. The van der Waals surface area contributed by atoms with Crippen LogP contribution in [0, 0.1) is 3.57 Å². The zero-order valence-corrected chi connectivity index (χ0v) is 14.4. The van der Waals surface area contributed by atoms with E-state index >= 15 is 0 Å². The van der Waals surface area contributed by atoms with E-state index < -0.39 is 29.2 Å². The number of aromatic nitrogens is 1. The van der Waals surface area contributed by atoms with Crippen LogP contribution in [0.5, 0.6) is 0 Å². The highest BCUT2D eigenvalue weighted by atomic mass is 127. The third-order valence-electron chi connectivity index (χ3n) is 3.17. The van der Waals surface area contributed by atoms with Gasteiger partial charge in [-0.25, -0.2) is 0 Å². The first-order valence-electron chi connectivity index (χ1n) is 6.81. The van der Waals surface area contributed by atoms with Gasteiger partial charge in [0.05, 0.1) is 5.56 Å². The standard InChI is InChI=1S/C15H13F3IN3O2/c16-15(17,18)13-9(14(24)21-6-5-12(20)23)7-11(22-13)8-3-1-2-4-10(8)19/h1-4,7,22H,5-6H2,(H2,20,23)(H,21,24). The molecule has 24 heavy (non-hydrogen) atoms. The number of hydrogen-bond donors (Lipinski definition) is 3. The summed E-state index contributed by atoms with van der Waals surface area (Å²) >= 11 is 2.00. The molecule has 0 radical (unpaired) electrons. The molecule has 0 spiro atoms. The van der Waals surface area contributed by atoms with Crippen LogP contribution in [0.3, 0.4) is 0 Å². The molecule has 1 aromatic heterocycles. The van der Waals surface area contributed by atoms with Crippen molar-refractivity contribution in [3.63, 3.8) is 0 Å². The van der Waals surface area contributed by atoms with E-state index in [1.165, 1.54) is 0 Å². The molecule has 9 heteroatoms. The highest BCUT2D eigenvalue weighted by Gasteiger charge is 2.38. The number of amides is 2. The Morgan fingerprint density at radius 2 is 1.92 bits per heavy atom. The van der Waals surface area contributed by atoms with Crippen LogP contribution in [-0.2, 0) is 11.0 Å². The lowest BCUT2D eigenvalue weighted by Crippen LogP contribution is -2.29. The van der Waals surface area contributed by atoms with Crippen LogP contribution in [0.1, 0.15) is 22.5 Å². The van der Waals surface area contributed by atoms with Gasteiger partial charge in [-0.2, -0.15) is 13.2 Å². The van der Waals surface area contributed by atoms with Gasteiger partial charge in [-0.15, -0.1) is 0 Å². The molecule has 0 fully saturated rings. The fourth-order valence-corrected chi connectivity index (χ4v) is 2.75. The Balaban J connectivity index is 2.38. The number of alkyl halides is 3. The topological polar surface area (TPSA) is 88.0 Å².